The number of anilines is 2. The minimum Gasteiger partial charge on any atom is -0.376 e. The van der Waals surface area contributed by atoms with Crippen LogP contribution in [0.15, 0.2) is 48.5 Å². The van der Waals surface area contributed by atoms with Gasteiger partial charge in [0.25, 0.3) is 11.8 Å². The van der Waals surface area contributed by atoms with Crippen molar-refractivity contribution in [3.05, 3.63) is 59.7 Å². The van der Waals surface area contributed by atoms with E-state index >= 15 is 0 Å². The van der Waals surface area contributed by atoms with Crippen LogP contribution < -0.4 is 16.0 Å². The van der Waals surface area contributed by atoms with Crippen LogP contribution in [0, 0.1) is 0 Å². The standard InChI is InChI=1S/C26H32N4O3/c31-24(18-27-21-12-10-20(11-13-21)26(33)30-16-4-5-17-30)28-23-14-8-19(9-15-23)25(32)29-22-6-2-1-3-7-22/h8-15,22,27H,1-7,16-18H2,(H,28,31)(H,29,32). The highest BCUT2D eigenvalue weighted by atomic mass is 16.2. The van der Waals surface area contributed by atoms with Gasteiger partial charge in [0, 0.05) is 41.6 Å². The van der Waals surface area contributed by atoms with Gasteiger partial charge in [-0.2, -0.15) is 0 Å². The van der Waals surface area contributed by atoms with Crippen molar-refractivity contribution in [1.29, 1.82) is 0 Å². The molecule has 0 radical (unpaired) electrons. The summed E-state index contributed by atoms with van der Waals surface area (Å²) < 4.78 is 0. The zero-order chi connectivity index (χ0) is 23.0. The topological polar surface area (TPSA) is 90.5 Å². The quantitative estimate of drug-likeness (QED) is 0.596. The molecule has 0 spiro atoms. The molecule has 1 saturated heterocycles. The van der Waals surface area contributed by atoms with Crippen molar-refractivity contribution in [3.63, 3.8) is 0 Å². The smallest absolute Gasteiger partial charge is 0.253 e. The molecule has 1 aliphatic carbocycles. The summed E-state index contributed by atoms with van der Waals surface area (Å²) >= 11 is 0. The molecule has 2 aromatic rings. The molecule has 4 rings (SSSR count). The Morgan fingerprint density at radius 2 is 1.36 bits per heavy atom. The first-order chi connectivity index (χ1) is 16.1. The van der Waals surface area contributed by atoms with Crippen molar-refractivity contribution in [2.45, 2.75) is 51.0 Å². The van der Waals surface area contributed by atoms with Crippen molar-refractivity contribution in [1.82, 2.24) is 10.2 Å². The number of amides is 3. The lowest BCUT2D eigenvalue weighted by atomic mass is 9.95. The molecule has 0 aromatic heterocycles. The number of likely N-dealkylation sites (tertiary alicyclic amines) is 1. The van der Waals surface area contributed by atoms with E-state index in [1.807, 2.05) is 17.0 Å². The average molecular weight is 449 g/mol. The van der Waals surface area contributed by atoms with Gasteiger partial charge in [0.2, 0.25) is 5.91 Å². The summed E-state index contributed by atoms with van der Waals surface area (Å²) in [5.41, 5.74) is 2.68. The molecule has 3 N–H and O–H groups in total. The molecule has 1 aliphatic heterocycles. The van der Waals surface area contributed by atoms with E-state index in [-0.39, 0.29) is 30.3 Å². The summed E-state index contributed by atoms with van der Waals surface area (Å²) in [4.78, 5) is 39.0. The molecule has 7 heteroatoms. The van der Waals surface area contributed by atoms with Crippen molar-refractivity contribution < 1.29 is 14.4 Å². The van der Waals surface area contributed by atoms with Crippen LogP contribution in [0.3, 0.4) is 0 Å². The Labute approximate surface area is 194 Å². The minimum atomic E-state index is -0.188. The Balaban J connectivity index is 1.22. The molecule has 2 aromatic carbocycles. The van der Waals surface area contributed by atoms with E-state index in [0.29, 0.717) is 16.8 Å². The third-order valence-electron chi connectivity index (χ3n) is 6.35. The molecule has 0 bridgehead atoms. The maximum Gasteiger partial charge on any atom is 0.253 e. The summed E-state index contributed by atoms with van der Waals surface area (Å²) in [6.45, 7) is 1.75. The summed E-state index contributed by atoms with van der Waals surface area (Å²) in [7, 11) is 0. The number of hydrogen-bond acceptors (Lipinski definition) is 4. The van der Waals surface area contributed by atoms with Gasteiger partial charge >= 0.3 is 0 Å². The van der Waals surface area contributed by atoms with Crippen LogP contribution in [0.2, 0.25) is 0 Å². The molecule has 2 fully saturated rings. The fraction of sp³-hybridized carbons (Fsp3) is 0.423. The third-order valence-corrected chi connectivity index (χ3v) is 6.35. The molecule has 7 nitrogen and oxygen atoms in total. The first-order valence-corrected chi connectivity index (χ1v) is 11.9. The molecule has 33 heavy (non-hydrogen) atoms. The Kier molecular flexibility index (Phi) is 7.60. The van der Waals surface area contributed by atoms with Gasteiger partial charge < -0.3 is 20.9 Å². The van der Waals surface area contributed by atoms with E-state index in [1.54, 1.807) is 36.4 Å². The van der Waals surface area contributed by atoms with Gasteiger partial charge in [-0.1, -0.05) is 19.3 Å². The summed E-state index contributed by atoms with van der Waals surface area (Å²) in [6, 6.07) is 14.4. The summed E-state index contributed by atoms with van der Waals surface area (Å²) in [6.07, 6.45) is 7.82. The van der Waals surface area contributed by atoms with Crippen molar-refractivity contribution in [2.24, 2.45) is 0 Å². The van der Waals surface area contributed by atoms with E-state index in [4.69, 9.17) is 0 Å². The first-order valence-electron chi connectivity index (χ1n) is 11.9. The number of rotatable bonds is 7. The highest BCUT2D eigenvalue weighted by molar-refractivity contribution is 5.97. The molecule has 174 valence electrons. The monoisotopic (exact) mass is 448 g/mol. The van der Waals surface area contributed by atoms with Crippen molar-refractivity contribution in [3.8, 4) is 0 Å². The average Bonchev–Trinajstić information content (AvgIpc) is 3.39. The summed E-state index contributed by atoms with van der Waals surface area (Å²) in [5, 5.41) is 9.01. The molecule has 3 amide bonds. The van der Waals surface area contributed by atoms with Crippen LogP contribution in [0.1, 0.15) is 65.7 Å². The lowest BCUT2D eigenvalue weighted by Gasteiger charge is -2.22. The predicted octanol–water partition coefficient (Wildman–Crippen LogP) is 4.04. The number of carbonyl (C=O) groups excluding carboxylic acids is 3. The van der Waals surface area contributed by atoms with Crippen molar-refractivity contribution in [2.75, 3.05) is 30.3 Å². The Morgan fingerprint density at radius 1 is 0.758 bits per heavy atom. The van der Waals surface area contributed by atoms with E-state index in [1.165, 1.54) is 19.3 Å². The number of benzene rings is 2. The molecule has 1 heterocycles. The van der Waals surface area contributed by atoms with E-state index in [2.05, 4.69) is 16.0 Å². The normalized spacial score (nSPS) is 16.3. The van der Waals surface area contributed by atoms with E-state index < -0.39 is 0 Å². The van der Waals surface area contributed by atoms with E-state index in [9.17, 15) is 14.4 Å². The highest BCUT2D eigenvalue weighted by Gasteiger charge is 2.19. The number of hydrogen-bond donors (Lipinski definition) is 3. The second-order valence-corrected chi connectivity index (χ2v) is 8.86. The maximum absolute atomic E-state index is 12.4. The lowest BCUT2D eigenvalue weighted by Crippen LogP contribution is -2.36. The second-order valence-electron chi connectivity index (χ2n) is 8.86. The van der Waals surface area contributed by atoms with Gasteiger partial charge in [-0.15, -0.1) is 0 Å². The predicted molar refractivity (Wildman–Crippen MR) is 129 cm³/mol. The Morgan fingerprint density at radius 3 is 2.03 bits per heavy atom. The lowest BCUT2D eigenvalue weighted by molar-refractivity contribution is -0.114. The van der Waals surface area contributed by atoms with Gasteiger partial charge in [0.05, 0.1) is 6.54 Å². The van der Waals surface area contributed by atoms with Gasteiger partial charge in [0.15, 0.2) is 0 Å². The molecular weight excluding hydrogens is 416 g/mol. The van der Waals surface area contributed by atoms with Crippen LogP contribution in [0.5, 0.6) is 0 Å². The molecule has 0 unspecified atom stereocenters. The summed E-state index contributed by atoms with van der Waals surface area (Å²) in [5.74, 6) is -0.188. The van der Waals surface area contributed by atoms with Gasteiger partial charge in [-0.3, -0.25) is 14.4 Å². The third kappa shape index (κ3) is 6.34. The van der Waals surface area contributed by atoms with Gasteiger partial charge in [-0.25, -0.2) is 0 Å². The van der Waals surface area contributed by atoms with Gasteiger partial charge in [-0.05, 0) is 74.2 Å². The molecular formula is C26H32N4O3. The van der Waals surface area contributed by atoms with Crippen LogP contribution >= 0.6 is 0 Å². The minimum absolute atomic E-state index is 0.0619. The van der Waals surface area contributed by atoms with Crippen LogP contribution in [0.4, 0.5) is 11.4 Å². The Hall–Kier alpha value is -3.35. The maximum atomic E-state index is 12.4. The van der Waals surface area contributed by atoms with Crippen molar-refractivity contribution >= 4 is 29.1 Å². The van der Waals surface area contributed by atoms with Crippen LogP contribution in [0.25, 0.3) is 0 Å². The second kappa shape index (κ2) is 11.0. The largest absolute Gasteiger partial charge is 0.376 e. The zero-order valence-corrected chi connectivity index (χ0v) is 18.9. The van der Waals surface area contributed by atoms with Crippen LogP contribution in [-0.4, -0.2) is 48.3 Å². The fourth-order valence-corrected chi connectivity index (χ4v) is 4.44. The molecule has 1 saturated carbocycles. The number of carbonyl (C=O) groups is 3. The number of nitrogens with one attached hydrogen (secondary N) is 3. The van der Waals surface area contributed by atoms with E-state index in [0.717, 1.165) is 44.5 Å². The zero-order valence-electron chi connectivity index (χ0n) is 18.9. The molecule has 0 atom stereocenters. The fourth-order valence-electron chi connectivity index (χ4n) is 4.44. The molecule has 2 aliphatic rings. The highest BCUT2D eigenvalue weighted by Crippen LogP contribution is 2.19. The Bertz CT molecular complexity index is 960. The SMILES string of the molecule is O=C(CNc1ccc(C(=O)N2CCCC2)cc1)Nc1ccc(C(=O)NC2CCCCC2)cc1. The van der Waals surface area contributed by atoms with Crippen LogP contribution in [-0.2, 0) is 4.79 Å². The number of nitrogens with zero attached hydrogens (tertiary/aromatic N) is 1. The first kappa shape index (κ1) is 22.8. The van der Waals surface area contributed by atoms with Gasteiger partial charge in [0.1, 0.15) is 0 Å².